The lowest BCUT2D eigenvalue weighted by Crippen LogP contribution is -2.23. The van der Waals surface area contributed by atoms with Gasteiger partial charge in [0.2, 0.25) is 10.0 Å². The molecule has 0 radical (unpaired) electrons. The Morgan fingerprint density at radius 3 is 2.16 bits per heavy atom. The molecule has 19 heavy (non-hydrogen) atoms. The van der Waals surface area contributed by atoms with Gasteiger partial charge in [-0.3, -0.25) is 0 Å². The maximum Gasteiger partial charge on any atom is 0.240 e. The van der Waals surface area contributed by atoms with Crippen molar-refractivity contribution in [2.24, 2.45) is 5.92 Å². The minimum atomic E-state index is -3.35. The first-order valence-corrected chi connectivity index (χ1v) is 8.19. The molecule has 0 aliphatic carbocycles. The van der Waals surface area contributed by atoms with Gasteiger partial charge in [0.15, 0.2) is 0 Å². The molecule has 108 valence electrons. The summed E-state index contributed by atoms with van der Waals surface area (Å²) >= 11 is 0. The summed E-state index contributed by atoms with van der Waals surface area (Å²) in [6, 6.07) is 7.24. The van der Waals surface area contributed by atoms with Crippen molar-refractivity contribution >= 4 is 15.7 Å². The zero-order valence-electron chi connectivity index (χ0n) is 12.1. The van der Waals surface area contributed by atoms with Crippen LogP contribution in [-0.2, 0) is 10.0 Å². The van der Waals surface area contributed by atoms with E-state index in [1.807, 2.05) is 0 Å². The average Bonchev–Trinajstić information content (AvgIpc) is 2.28. The molecule has 1 aromatic carbocycles. The van der Waals surface area contributed by atoms with Crippen LogP contribution >= 0.6 is 0 Å². The fraction of sp³-hybridized carbons (Fsp3) is 0.571. The van der Waals surface area contributed by atoms with Gasteiger partial charge in [-0.1, -0.05) is 20.8 Å². The number of hydrogen-bond donors (Lipinski definition) is 2. The molecule has 0 aliphatic rings. The smallest absolute Gasteiger partial charge is 0.240 e. The number of sulfonamides is 1. The normalized spacial score (nSPS) is 13.5. The van der Waals surface area contributed by atoms with Crippen molar-refractivity contribution in [1.29, 1.82) is 0 Å². The van der Waals surface area contributed by atoms with Gasteiger partial charge in [-0.05, 0) is 43.5 Å². The Bertz CT molecular complexity index is 481. The molecule has 0 spiro atoms. The second-order valence-corrected chi connectivity index (χ2v) is 6.97. The van der Waals surface area contributed by atoms with Gasteiger partial charge in [-0.2, -0.15) is 0 Å². The molecule has 1 atom stereocenters. The number of benzene rings is 1. The van der Waals surface area contributed by atoms with Gasteiger partial charge < -0.3 is 5.32 Å². The Labute approximate surface area is 116 Å². The highest BCUT2D eigenvalue weighted by Gasteiger charge is 2.12. The summed E-state index contributed by atoms with van der Waals surface area (Å²) in [4.78, 5) is 0.302. The SMILES string of the molecule is CCNS(=O)(=O)c1ccc(NC(C)CC(C)C)cc1. The van der Waals surface area contributed by atoms with E-state index in [-0.39, 0.29) is 0 Å². The van der Waals surface area contributed by atoms with Crippen molar-refractivity contribution in [3.8, 4) is 0 Å². The van der Waals surface area contributed by atoms with E-state index in [1.165, 1.54) is 0 Å². The second-order valence-electron chi connectivity index (χ2n) is 5.20. The molecule has 4 nitrogen and oxygen atoms in total. The van der Waals surface area contributed by atoms with Crippen LogP contribution in [0.3, 0.4) is 0 Å². The zero-order valence-corrected chi connectivity index (χ0v) is 12.9. The van der Waals surface area contributed by atoms with Gasteiger partial charge in [0.1, 0.15) is 0 Å². The lowest BCUT2D eigenvalue weighted by atomic mass is 10.1. The monoisotopic (exact) mass is 284 g/mol. The van der Waals surface area contributed by atoms with E-state index in [1.54, 1.807) is 31.2 Å². The fourth-order valence-electron chi connectivity index (χ4n) is 2.05. The van der Waals surface area contributed by atoms with Gasteiger partial charge in [0.25, 0.3) is 0 Å². The largest absolute Gasteiger partial charge is 0.383 e. The van der Waals surface area contributed by atoms with Crippen molar-refractivity contribution in [2.75, 3.05) is 11.9 Å². The van der Waals surface area contributed by atoms with Crippen LogP contribution in [0, 0.1) is 5.92 Å². The number of anilines is 1. The molecule has 0 heterocycles. The van der Waals surface area contributed by atoms with Crippen molar-refractivity contribution in [2.45, 2.75) is 45.1 Å². The van der Waals surface area contributed by atoms with E-state index in [9.17, 15) is 8.42 Å². The Morgan fingerprint density at radius 2 is 1.68 bits per heavy atom. The highest BCUT2D eigenvalue weighted by Crippen LogP contribution is 2.16. The van der Waals surface area contributed by atoms with Crippen LogP contribution in [0.4, 0.5) is 5.69 Å². The van der Waals surface area contributed by atoms with Gasteiger partial charge in [0, 0.05) is 18.3 Å². The molecule has 1 aromatic rings. The van der Waals surface area contributed by atoms with Gasteiger partial charge in [-0.15, -0.1) is 0 Å². The van der Waals surface area contributed by atoms with Crippen molar-refractivity contribution in [3.05, 3.63) is 24.3 Å². The summed E-state index contributed by atoms with van der Waals surface area (Å²) in [5.41, 5.74) is 0.948. The van der Waals surface area contributed by atoms with E-state index in [2.05, 4.69) is 30.8 Å². The summed E-state index contributed by atoms with van der Waals surface area (Å²) in [6.45, 7) is 8.66. The standard InChI is InChI=1S/C14H24N2O2S/c1-5-15-19(17,18)14-8-6-13(7-9-14)16-12(4)10-11(2)3/h6-9,11-12,15-16H,5,10H2,1-4H3. The van der Waals surface area contributed by atoms with Crippen LogP contribution < -0.4 is 10.0 Å². The van der Waals surface area contributed by atoms with Gasteiger partial charge in [-0.25, -0.2) is 13.1 Å². The molecule has 0 aliphatic heterocycles. The summed E-state index contributed by atoms with van der Waals surface area (Å²) < 4.78 is 26.0. The summed E-state index contributed by atoms with van der Waals surface area (Å²) in [7, 11) is -3.35. The van der Waals surface area contributed by atoms with Gasteiger partial charge >= 0.3 is 0 Å². The third-order valence-corrected chi connectivity index (χ3v) is 4.30. The van der Waals surface area contributed by atoms with Crippen LogP contribution in [0.25, 0.3) is 0 Å². The van der Waals surface area contributed by atoms with Crippen LogP contribution in [0.15, 0.2) is 29.2 Å². The third-order valence-electron chi connectivity index (χ3n) is 2.74. The van der Waals surface area contributed by atoms with Crippen molar-refractivity contribution in [1.82, 2.24) is 4.72 Å². The molecule has 2 N–H and O–H groups in total. The average molecular weight is 284 g/mol. The third kappa shape index (κ3) is 5.20. The molecule has 1 unspecified atom stereocenters. The zero-order chi connectivity index (χ0) is 14.5. The number of nitrogens with one attached hydrogen (secondary N) is 2. The van der Waals surface area contributed by atoms with E-state index in [4.69, 9.17) is 0 Å². The first-order valence-electron chi connectivity index (χ1n) is 6.71. The van der Waals surface area contributed by atoms with Crippen molar-refractivity contribution < 1.29 is 8.42 Å². The summed E-state index contributed by atoms with van der Waals surface area (Å²) in [6.07, 6.45) is 1.08. The fourth-order valence-corrected chi connectivity index (χ4v) is 3.10. The topological polar surface area (TPSA) is 58.2 Å². The quantitative estimate of drug-likeness (QED) is 0.809. The van der Waals surface area contributed by atoms with E-state index in [0.29, 0.717) is 23.4 Å². The maximum absolute atomic E-state index is 11.8. The van der Waals surface area contributed by atoms with E-state index < -0.39 is 10.0 Å². The van der Waals surface area contributed by atoms with Crippen molar-refractivity contribution in [3.63, 3.8) is 0 Å². The second kappa shape index (κ2) is 6.91. The molecule has 1 rings (SSSR count). The van der Waals surface area contributed by atoms with Crippen LogP contribution in [0.2, 0.25) is 0 Å². The lowest BCUT2D eigenvalue weighted by molar-refractivity contribution is 0.540. The molecule has 0 saturated heterocycles. The predicted octanol–water partition coefficient (Wildman–Crippen LogP) is 2.83. The van der Waals surface area contributed by atoms with E-state index in [0.717, 1.165) is 12.1 Å². The highest BCUT2D eigenvalue weighted by molar-refractivity contribution is 7.89. The molecular formula is C14H24N2O2S. The predicted molar refractivity (Wildman–Crippen MR) is 79.8 cm³/mol. The van der Waals surface area contributed by atoms with Crippen LogP contribution in [-0.4, -0.2) is 21.0 Å². The number of hydrogen-bond acceptors (Lipinski definition) is 3. The minimum absolute atomic E-state index is 0.302. The first kappa shape index (κ1) is 16.0. The molecular weight excluding hydrogens is 260 g/mol. The highest BCUT2D eigenvalue weighted by atomic mass is 32.2. The summed E-state index contributed by atoms with van der Waals surface area (Å²) in [5.74, 6) is 0.635. The molecule has 0 fully saturated rings. The molecule has 0 saturated carbocycles. The van der Waals surface area contributed by atoms with Crippen LogP contribution in [0.5, 0.6) is 0 Å². The van der Waals surface area contributed by atoms with E-state index >= 15 is 0 Å². The van der Waals surface area contributed by atoms with Crippen LogP contribution in [0.1, 0.15) is 34.1 Å². The van der Waals surface area contributed by atoms with Gasteiger partial charge in [0.05, 0.1) is 4.90 Å². The summed E-state index contributed by atoms with van der Waals surface area (Å²) in [5, 5.41) is 3.37. The molecule has 0 bridgehead atoms. The maximum atomic E-state index is 11.8. The Hall–Kier alpha value is -1.07. The molecule has 0 amide bonds. The Balaban J connectivity index is 2.72. The molecule has 0 aromatic heterocycles. The first-order chi connectivity index (χ1) is 8.85. The number of rotatable bonds is 7. The minimum Gasteiger partial charge on any atom is -0.383 e. The molecule has 5 heteroatoms. The lowest BCUT2D eigenvalue weighted by Gasteiger charge is -2.17. The Kier molecular flexibility index (Phi) is 5.82. The Morgan fingerprint density at radius 1 is 1.11 bits per heavy atom.